The third-order valence-corrected chi connectivity index (χ3v) is 2.04. The molecule has 0 bridgehead atoms. The molecule has 1 amide bonds. The van der Waals surface area contributed by atoms with Gasteiger partial charge in [-0.15, -0.1) is 0 Å². The van der Waals surface area contributed by atoms with Crippen LogP contribution in [0.15, 0.2) is 12.1 Å². The van der Waals surface area contributed by atoms with Crippen LogP contribution in [0.4, 0.5) is 5.69 Å². The van der Waals surface area contributed by atoms with Gasteiger partial charge in [-0.2, -0.15) is 0 Å². The van der Waals surface area contributed by atoms with Gasteiger partial charge in [-0.1, -0.05) is 0 Å². The van der Waals surface area contributed by atoms with E-state index in [0.29, 0.717) is 25.5 Å². The van der Waals surface area contributed by atoms with Gasteiger partial charge in [-0.05, 0) is 12.1 Å². The van der Waals surface area contributed by atoms with Gasteiger partial charge >= 0.3 is 0 Å². The van der Waals surface area contributed by atoms with Gasteiger partial charge in [0.2, 0.25) is 5.88 Å². The number of nitrogens with two attached hydrogens (primary N) is 2. The van der Waals surface area contributed by atoms with Gasteiger partial charge in [-0.25, -0.2) is 4.98 Å². The standard InChI is InChI=1S/C11H17N3O4/c1-16-4-5-17-6-7-18-11-8(12)2-3-9(14-11)10(13)15/h2-3H,4-7,12H2,1H3,(H2,13,15). The van der Waals surface area contributed by atoms with E-state index in [9.17, 15) is 4.79 Å². The number of amides is 1. The van der Waals surface area contributed by atoms with E-state index in [2.05, 4.69) is 4.98 Å². The molecular weight excluding hydrogens is 238 g/mol. The van der Waals surface area contributed by atoms with Gasteiger partial charge in [0.1, 0.15) is 12.3 Å². The Morgan fingerprint density at radius 3 is 2.67 bits per heavy atom. The lowest BCUT2D eigenvalue weighted by Crippen LogP contribution is -2.15. The highest BCUT2D eigenvalue weighted by Crippen LogP contribution is 2.17. The van der Waals surface area contributed by atoms with Crippen LogP contribution >= 0.6 is 0 Å². The number of rotatable bonds is 8. The Bertz CT molecular complexity index is 398. The first kappa shape index (κ1) is 14.2. The molecule has 0 saturated heterocycles. The van der Waals surface area contributed by atoms with Crippen molar-refractivity contribution >= 4 is 11.6 Å². The molecule has 100 valence electrons. The van der Waals surface area contributed by atoms with Crippen molar-refractivity contribution in [1.82, 2.24) is 4.98 Å². The number of ether oxygens (including phenoxy) is 3. The molecule has 1 heterocycles. The Labute approximate surface area is 105 Å². The number of anilines is 1. The van der Waals surface area contributed by atoms with Gasteiger partial charge in [0, 0.05) is 7.11 Å². The quantitative estimate of drug-likeness (QED) is 0.623. The maximum Gasteiger partial charge on any atom is 0.267 e. The minimum absolute atomic E-state index is 0.111. The first-order chi connectivity index (χ1) is 8.65. The van der Waals surface area contributed by atoms with E-state index < -0.39 is 5.91 Å². The lowest BCUT2D eigenvalue weighted by molar-refractivity contribution is 0.0538. The average Bonchev–Trinajstić information content (AvgIpc) is 2.35. The first-order valence-corrected chi connectivity index (χ1v) is 5.41. The van der Waals surface area contributed by atoms with Crippen LogP contribution in [0.25, 0.3) is 0 Å². The zero-order valence-corrected chi connectivity index (χ0v) is 10.2. The fourth-order valence-electron chi connectivity index (χ4n) is 1.15. The van der Waals surface area contributed by atoms with E-state index in [1.54, 1.807) is 7.11 Å². The van der Waals surface area contributed by atoms with Crippen LogP contribution in [0.5, 0.6) is 5.88 Å². The van der Waals surface area contributed by atoms with E-state index in [0.717, 1.165) is 0 Å². The van der Waals surface area contributed by atoms with Crippen LogP contribution in [0.3, 0.4) is 0 Å². The average molecular weight is 255 g/mol. The third-order valence-electron chi connectivity index (χ3n) is 2.04. The summed E-state index contributed by atoms with van der Waals surface area (Å²) in [6.07, 6.45) is 0. The maximum atomic E-state index is 10.9. The van der Waals surface area contributed by atoms with Crippen molar-refractivity contribution in [2.45, 2.75) is 0 Å². The predicted molar refractivity (Wildman–Crippen MR) is 65.4 cm³/mol. The molecule has 0 aliphatic carbocycles. The topological polar surface area (TPSA) is 110 Å². The number of aromatic nitrogens is 1. The molecule has 0 unspecified atom stereocenters. The SMILES string of the molecule is COCCOCCOc1nc(C(N)=O)ccc1N. The third kappa shape index (κ3) is 4.56. The molecule has 7 heteroatoms. The van der Waals surface area contributed by atoms with Crippen LogP contribution < -0.4 is 16.2 Å². The molecule has 7 nitrogen and oxygen atoms in total. The molecule has 0 aliphatic rings. The maximum absolute atomic E-state index is 10.9. The van der Waals surface area contributed by atoms with Crippen molar-refractivity contribution in [3.63, 3.8) is 0 Å². The summed E-state index contributed by atoms with van der Waals surface area (Å²) >= 11 is 0. The fourth-order valence-corrected chi connectivity index (χ4v) is 1.15. The van der Waals surface area contributed by atoms with Crippen molar-refractivity contribution in [3.8, 4) is 5.88 Å². The molecule has 18 heavy (non-hydrogen) atoms. The van der Waals surface area contributed by atoms with Gasteiger partial charge in [0.25, 0.3) is 5.91 Å². The van der Waals surface area contributed by atoms with E-state index in [4.69, 9.17) is 25.7 Å². The molecule has 0 atom stereocenters. The number of carbonyl (C=O) groups is 1. The molecule has 0 spiro atoms. The normalized spacial score (nSPS) is 10.3. The van der Waals surface area contributed by atoms with E-state index >= 15 is 0 Å². The minimum atomic E-state index is -0.629. The number of hydrogen-bond donors (Lipinski definition) is 2. The van der Waals surface area contributed by atoms with Crippen LogP contribution in [-0.2, 0) is 9.47 Å². The number of nitrogen functional groups attached to an aromatic ring is 1. The summed E-state index contributed by atoms with van der Waals surface area (Å²) in [7, 11) is 1.60. The summed E-state index contributed by atoms with van der Waals surface area (Å²) in [6, 6.07) is 2.97. The zero-order chi connectivity index (χ0) is 13.4. The molecule has 4 N–H and O–H groups in total. The van der Waals surface area contributed by atoms with Crippen molar-refractivity contribution < 1.29 is 19.0 Å². The van der Waals surface area contributed by atoms with Crippen molar-refractivity contribution in [2.24, 2.45) is 5.73 Å². The van der Waals surface area contributed by atoms with Crippen LogP contribution in [-0.4, -0.2) is 44.4 Å². The lowest BCUT2D eigenvalue weighted by Gasteiger charge is -2.09. The summed E-state index contributed by atoms with van der Waals surface area (Å²) < 4.78 is 15.3. The second-order valence-corrected chi connectivity index (χ2v) is 3.41. The Kier molecular flexibility index (Phi) is 5.89. The summed E-state index contributed by atoms with van der Waals surface area (Å²) in [5.41, 5.74) is 11.2. The summed E-state index contributed by atoms with van der Waals surface area (Å²) in [4.78, 5) is 14.8. The van der Waals surface area contributed by atoms with Gasteiger partial charge < -0.3 is 25.7 Å². The lowest BCUT2D eigenvalue weighted by atomic mass is 10.3. The molecule has 1 rings (SSSR count). The van der Waals surface area contributed by atoms with Gasteiger partial charge in [-0.3, -0.25) is 4.79 Å². The van der Waals surface area contributed by atoms with Crippen molar-refractivity contribution in [1.29, 1.82) is 0 Å². The van der Waals surface area contributed by atoms with E-state index in [1.807, 2.05) is 0 Å². The summed E-state index contributed by atoms with van der Waals surface area (Å²) in [6.45, 7) is 1.68. The number of primary amides is 1. The van der Waals surface area contributed by atoms with Crippen molar-refractivity contribution in [2.75, 3.05) is 39.3 Å². The smallest absolute Gasteiger partial charge is 0.267 e. The largest absolute Gasteiger partial charge is 0.474 e. The molecular formula is C11H17N3O4. The monoisotopic (exact) mass is 255 g/mol. The first-order valence-electron chi connectivity index (χ1n) is 5.41. The van der Waals surface area contributed by atoms with Gasteiger partial charge in [0.15, 0.2) is 0 Å². The predicted octanol–water partition coefficient (Wildman–Crippen LogP) is -0.195. The summed E-state index contributed by atoms with van der Waals surface area (Å²) in [5, 5.41) is 0. The van der Waals surface area contributed by atoms with Crippen molar-refractivity contribution in [3.05, 3.63) is 17.8 Å². The molecule has 0 aliphatic heterocycles. The second-order valence-electron chi connectivity index (χ2n) is 3.41. The Morgan fingerprint density at radius 2 is 2.00 bits per heavy atom. The number of carbonyl (C=O) groups excluding carboxylic acids is 1. The number of nitrogens with zero attached hydrogens (tertiary/aromatic N) is 1. The van der Waals surface area contributed by atoms with Crippen LogP contribution in [0.1, 0.15) is 10.5 Å². The minimum Gasteiger partial charge on any atom is -0.474 e. The van der Waals surface area contributed by atoms with Gasteiger partial charge in [0.05, 0.1) is 25.5 Å². The molecule has 0 saturated carbocycles. The molecule has 1 aromatic heterocycles. The number of methoxy groups -OCH3 is 1. The zero-order valence-electron chi connectivity index (χ0n) is 10.2. The van der Waals surface area contributed by atoms with Crippen LogP contribution in [0, 0.1) is 0 Å². The highest BCUT2D eigenvalue weighted by Gasteiger charge is 2.07. The number of pyridine rings is 1. The highest BCUT2D eigenvalue weighted by molar-refractivity contribution is 5.91. The number of hydrogen-bond acceptors (Lipinski definition) is 6. The Balaban J connectivity index is 2.41. The van der Waals surface area contributed by atoms with E-state index in [-0.39, 0.29) is 18.2 Å². The molecule has 0 radical (unpaired) electrons. The van der Waals surface area contributed by atoms with Crippen LogP contribution in [0.2, 0.25) is 0 Å². The molecule has 0 aromatic carbocycles. The second kappa shape index (κ2) is 7.46. The van der Waals surface area contributed by atoms with E-state index in [1.165, 1.54) is 12.1 Å². The molecule has 1 aromatic rings. The Hall–Kier alpha value is -1.86. The Morgan fingerprint density at radius 1 is 1.28 bits per heavy atom. The summed E-state index contributed by atoms with van der Waals surface area (Å²) in [5.74, 6) is -0.446. The molecule has 0 fully saturated rings. The fraction of sp³-hybridized carbons (Fsp3) is 0.455. The highest BCUT2D eigenvalue weighted by atomic mass is 16.5.